The number of hydrogen-bond acceptors (Lipinski definition) is 9. The van der Waals surface area contributed by atoms with Crippen LogP contribution >= 0.6 is 15.6 Å². The molecule has 0 aliphatic rings. The smallest absolute Gasteiger partial charge is 0.323 e. The Bertz CT molecular complexity index is 534. The van der Waals surface area contributed by atoms with E-state index in [0.717, 1.165) is 24.3 Å². The standard InChI is InChI=1S/C6H7NO9P2/c8-7(9)5-1-3-6(4-2-5)15-18(13,14)16-17(10,11)12/h1-4H,(H,13,14)(H2,10,11,12)/p-3. The fourth-order valence-corrected chi connectivity index (χ4v) is 2.39. The number of benzene rings is 1. The molecule has 0 N–H and O–H groups in total. The Hall–Kier alpha value is -1.28. The first-order chi connectivity index (χ1) is 8.09. The maximum absolute atomic E-state index is 10.9. The second-order valence-corrected chi connectivity index (χ2v) is 5.44. The molecule has 12 heteroatoms. The normalized spacial score (nSPS) is 14.8. The molecule has 1 atom stereocenters. The van der Waals surface area contributed by atoms with E-state index in [4.69, 9.17) is 0 Å². The lowest BCUT2D eigenvalue weighted by molar-refractivity contribution is -0.384. The van der Waals surface area contributed by atoms with Crippen LogP contribution in [0.4, 0.5) is 5.69 Å². The fraction of sp³-hybridized carbons (Fsp3) is 0. The van der Waals surface area contributed by atoms with Crippen molar-refractivity contribution >= 4 is 21.3 Å². The highest BCUT2D eigenvalue weighted by Gasteiger charge is 2.14. The van der Waals surface area contributed by atoms with Crippen LogP contribution in [0.2, 0.25) is 0 Å². The highest BCUT2D eigenvalue weighted by atomic mass is 31.3. The van der Waals surface area contributed by atoms with Crippen LogP contribution in [0.15, 0.2) is 24.3 Å². The first kappa shape index (κ1) is 14.8. The Kier molecular flexibility index (Phi) is 4.23. The predicted octanol–water partition coefficient (Wildman–Crippen LogP) is -0.713. The van der Waals surface area contributed by atoms with E-state index in [1.165, 1.54) is 0 Å². The third-order valence-corrected chi connectivity index (χ3v) is 3.50. The summed E-state index contributed by atoms with van der Waals surface area (Å²) in [6.07, 6.45) is 0. The molecule has 0 saturated carbocycles. The number of rotatable bonds is 5. The van der Waals surface area contributed by atoms with E-state index in [-0.39, 0.29) is 5.69 Å². The van der Waals surface area contributed by atoms with Crippen molar-refractivity contribution < 1.29 is 37.6 Å². The molecule has 0 amide bonds. The van der Waals surface area contributed by atoms with Gasteiger partial charge in [0.2, 0.25) is 0 Å². The molecule has 1 unspecified atom stereocenters. The Labute approximate surface area is 99.8 Å². The minimum absolute atomic E-state index is 0.331. The highest BCUT2D eigenvalue weighted by Crippen LogP contribution is 2.50. The van der Waals surface area contributed by atoms with Gasteiger partial charge in [-0.25, -0.2) is 0 Å². The summed E-state index contributed by atoms with van der Waals surface area (Å²) < 4.78 is 28.3. The van der Waals surface area contributed by atoms with Crippen molar-refractivity contribution in [3.8, 4) is 5.75 Å². The van der Waals surface area contributed by atoms with Crippen LogP contribution in [0.1, 0.15) is 0 Å². The second kappa shape index (κ2) is 5.15. The molecule has 0 aliphatic heterocycles. The predicted molar refractivity (Wildman–Crippen MR) is 50.0 cm³/mol. The van der Waals surface area contributed by atoms with Crippen LogP contribution in [0.3, 0.4) is 0 Å². The van der Waals surface area contributed by atoms with Crippen molar-refractivity contribution in [3.05, 3.63) is 34.4 Å². The molecule has 0 aromatic heterocycles. The molecule has 0 fully saturated rings. The topological polar surface area (TPSA) is 165 Å². The maximum Gasteiger partial charge on any atom is 0.323 e. The zero-order chi connectivity index (χ0) is 14.0. The summed E-state index contributed by atoms with van der Waals surface area (Å²) in [6.45, 7) is 0. The van der Waals surface area contributed by atoms with E-state index in [2.05, 4.69) is 8.83 Å². The van der Waals surface area contributed by atoms with Crippen LogP contribution in [0.5, 0.6) is 5.75 Å². The molecule has 1 aromatic carbocycles. The molecule has 100 valence electrons. The molecule has 10 nitrogen and oxygen atoms in total. The first-order valence-electron chi connectivity index (χ1n) is 4.07. The zero-order valence-electron chi connectivity index (χ0n) is 8.33. The van der Waals surface area contributed by atoms with Gasteiger partial charge in [-0.3, -0.25) is 19.0 Å². The molecule has 0 saturated heterocycles. The van der Waals surface area contributed by atoms with Gasteiger partial charge < -0.3 is 23.8 Å². The van der Waals surface area contributed by atoms with Gasteiger partial charge in [0.25, 0.3) is 5.69 Å². The van der Waals surface area contributed by atoms with E-state index < -0.39 is 26.3 Å². The number of nitrogens with zero attached hydrogens (tertiary/aromatic N) is 1. The Balaban J connectivity index is 2.82. The summed E-state index contributed by atoms with van der Waals surface area (Å²) >= 11 is 0. The van der Waals surface area contributed by atoms with Gasteiger partial charge in [0.1, 0.15) is 5.75 Å². The van der Waals surface area contributed by atoms with E-state index in [0.29, 0.717) is 0 Å². The Morgan fingerprint density at radius 2 is 1.56 bits per heavy atom. The molecule has 18 heavy (non-hydrogen) atoms. The van der Waals surface area contributed by atoms with Crippen molar-refractivity contribution in [3.63, 3.8) is 0 Å². The molecule has 0 bridgehead atoms. The van der Waals surface area contributed by atoms with Crippen molar-refractivity contribution in [2.24, 2.45) is 0 Å². The molecule has 0 aliphatic carbocycles. The lowest BCUT2D eigenvalue weighted by Gasteiger charge is -2.34. The SMILES string of the molecule is O=[N+]([O-])c1ccc(OP(=O)([O-])OP(=O)([O-])[O-])cc1. The van der Waals surface area contributed by atoms with Gasteiger partial charge in [0, 0.05) is 12.1 Å². The molecular weight excluding hydrogens is 292 g/mol. The minimum atomic E-state index is -5.76. The largest absolute Gasteiger partial charge is 0.789 e. The Morgan fingerprint density at radius 3 is 1.94 bits per heavy atom. The summed E-state index contributed by atoms with van der Waals surface area (Å²) in [4.78, 5) is 40.6. The van der Waals surface area contributed by atoms with Gasteiger partial charge in [-0.2, -0.15) is 0 Å². The average molecular weight is 296 g/mol. The third-order valence-electron chi connectivity index (χ3n) is 1.46. The van der Waals surface area contributed by atoms with Gasteiger partial charge in [0.15, 0.2) is 0 Å². The van der Waals surface area contributed by atoms with Crippen molar-refractivity contribution in [2.45, 2.75) is 0 Å². The molecule has 0 heterocycles. The molecule has 1 rings (SSSR count). The quantitative estimate of drug-likeness (QED) is 0.387. The van der Waals surface area contributed by atoms with Gasteiger partial charge in [-0.05, 0) is 12.1 Å². The number of nitro groups is 1. The Morgan fingerprint density at radius 1 is 1.06 bits per heavy atom. The highest BCUT2D eigenvalue weighted by molar-refractivity contribution is 7.58. The number of hydrogen-bond donors (Lipinski definition) is 0. The minimum Gasteiger partial charge on any atom is -0.789 e. The number of non-ortho nitro benzene ring substituents is 1. The van der Waals surface area contributed by atoms with Crippen LogP contribution in [-0.4, -0.2) is 4.92 Å². The van der Waals surface area contributed by atoms with Crippen LogP contribution in [-0.2, 0) is 13.4 Å². The van der Waals surface area contributed by atoms with Crippen molar-refractivity contribution in [1.29, 1.82) is 0 Å². The summed E-state index contributed by atoms with van der Waals surface area (Å²) in [5.41, 5.74) is -0.331. The van der Waals surface area contributed by atoms with Crippen LogP contribution in [0.25, 0.3) is 0 Å². The van der Waals surface area contributed by atoms with E-state index in [9.17, 15) is 33.9 Å². The monoisotopic (exact) mass is 296 g/mol. The van der Waals surface area contributed by atoms with Crippen LogP contribution < -0.4 is 19.2 Å². The zero-order valence-corrected chi connectivity index (χ0v) is 10.1. The molecular formula is C6H4NO9P2-3. The van der Waals surface area contributed by atoms with Crippen molar-refractivity contribution in [2.75, 3.05) is 0 Å². The van der Waals surface area contributed by atoms with E-state index in [1.807, 2.05) is 0 Å². The van der Waals surface area contributed by atoms with Gasteiger partial charge >= 0.3 is 7.82 Å². The first-order valence-corrected chi connectivity index (χ1v) is 7.00. The number of nitro benzene ring substituents is 1. The summed E-state index contributed by atoms with van der Waals surface area (Å²) in [6, 6.07) is 3.63. The molecule has 0 spiro atoms. The lowest BCUT2D eigenvalue weighted by atomic mass is 10.3. The van der Waals surface area contributed by atoms with Gasteiger partial charge in [-0.1, -0.05) is 0 Å². The third kappa shape index (κ3) is 4.92. The molecule has 0 radical (unpaired) electrons. The average Bonchev–Trinajstić information content (AvgIpc) is 2.13. The molecule has 1 aromatic rings. The number of phosphoric acid groups is 2. The number of phosphoric ester groups is 1. The van der Waals surface area contributed by atoms with E-state index in [1.54, 1.807) is 0 Å². The van der Waals surface area contributed by atoms with Crippen LogP contribution in [0, 0.1) is 10.1 Å². The van der Waals surface area contributed by atoms with Gasteiger partial charge in [-0.15, -0.1) is 0 Å². The fourth-order valence-electron chi connectivity index (χ4n) is 0.897. The summed E-state index contributed by atoms with van der Waals surface area (Å²) in [5.74, 6) is -0.438. The maximum atomic E-state index is 10.9. The van der Waals surface area contributed by atoms with Gasteiger partial charge in [0.05, 0.1) is 12.7 Å². The van der Waals surface area contributed by atoms with Crippen molar-refractivity contribution in [1.82, 2.24) is 0 Å². The lowest BCUT2D eigenvalue weighted by Crippen LogP contribution is -2.20. The summed E-state index contributed by atoms with van der Waals surface area (Å²) in [7, 11) is -11.1. The summed E-state index contributed by atoms with van der Waals surface area (Å²) in [5, 5.41) is 10.3. The van der Waals surface area contributed by atoms with E-state index >= 15 is 0 Å². The second-order valence-electron chi connectivity index (χ2n) is 2.82.